The monoisotopic (exact) mass is 270 g/mol. The Labute approximate surface area is 103 Å². The van der Waals surface area contributed by atoms with E-state index < -0.39 is 20.7 Å². The molecule has 1 aromatic rings. The van der Waals surface area contributed by atoms with Crippen LogP contribution in [0.3, 0.4) is 0 Å². The lowest BCUT2D eigenvalue weighted by Gasteiger charge is -1.97. The summed E-state index contributed by atoms with van der Waals surface area (Å²) in [6.45, 7) is 0. The van der Waals surface area contributed by atoms with Gasteiger partial charge in [0, 0.05) is 10.4 Å². The Morgan fingerprint density at radius 1 is 1.18 bits per heavy atom. The van der Waals surface area contributed by atoms with Gasteiger partial charge >= 0.3 is 5.97 Å². The maximum atomic E-state index is 11.5. The summed E-state index contributed by atoms with van der Waals surface area (Å²) in [7, 11) is -3.83. The average Bonchev–Trinajstić information content (AvgIpc) is 2.55. The van der Waals surface area contributed by atoms with Crippen LogP contribution >= 0.6 is 11.6 Å². The smallest absolute Gasteiger partial charge is 0.347 e. The van der Waals surface area contributed by atoms with Gasteiger partial charge in [-0.15, -0.1) is 0 Å². The molecule has 17 heavy (non-hydrogen) atoms. The van der Waals surface area contributed by atoms with Crippen molar-refractivity contribution in [2.75, 3.05) is 0 Å². The molecular weight excluding hydrogens is 264 g/mol. The minimum Gasteiger partial charge on any atom is -0.477 e. The fraction of sp³-hybridized carbons (Fsp3) is 0. The number of allylic oxidation sites excluding steroid dienone is 2. The van der Waals surface area contributed by atoms with Crippen LogP contribution in [0.5, 0.6) is 0 Å². The molecule has 1 aliphatic rings. The molecule has 1 aromatic carbocycles. The van der Waals surface area contributed by atoms with Crippen LogP contribution in [0.15, 0.2) is 40.7 Å². The van der Waals surface area contributed by atoms with Gasteiger partial charge in [-0.05, 0) is 29.3 Å². The first-order valence-corrected chi connectivity index (χ1v) is 6.50. The molecule has 1 heterocycles. The van der Waals surface area contributed by atoms with Crippen LogP contribution in [-0.2, 0) is 14.6 Å². The van der Waals surface area contributed by atoms with E-state index in [1.54, 1.807) is 24.3 Å². The van der Waals surface area contributed by atoms with Crippen LogP contribution in [0.1, 0.15) is 5.56 Å². The lowest BCUT2D eigenvalue weighted by atomic mass is 10.1. The van der Waals surface area contributed by atoms with E-state index in [-0.39, 0.29) is 0 Å². The van der Waals surface area contributed by atoms with Crippen LogP contribution in [-0.4, -0.2) is 19.5 Å². The highest BCUT2D eigenvalue weighted by Gasteiger charge is 2.28. The molecule has 2 rings (SSSR count). The van der Waals surface area contributed by atoms with Gasteiger partial charge in [-0.1, -0.05) is 23.7 Å². The van der Waals surface area contributed by atoms with E-state index in [1.165, 1.54) is 0 Å². The summed E-state index contributed by atoms with van der Waals surface area (Å²) in [5, 5.41) is 10.2. The first-order valence-electron chi connectivity index (χ1n) is 4.58. The number of rotatable bonds is 2. The van der Waals surface area contributed by atoms with E-state index in [4.69, 9.17) is 16.7 Å². The second-order valence-corrected chi connectivity index (χ2v) is 5.64. The van der Waals surface area contributed by atoms with Crippen molar-refractivity contribution in [1.82, 2.24) is 0 Å². The SMILES string of the molecule is O=C(O)C1=CC(c2ccc(Cl)cc2)=CS1(=O)=O. The minimum absolute atomic E-state index is 0.346. The fourth-order valence-electron chi connectivity index (χ4n) is 1.47. The van der Waals surface area contributed by atoms with Crippen molar-refractivity contribution >= 4 is 33.0 Å². The summed E-state index contributed by atoms with van der Waals surface area (Å²) < 4.78 is 23.0. The molecule has 88 valence electrons. The third-order valence-corrected chi connectivity index (χ3v) is 3.99. The maximum Gasteiger partial charge on any atom is 0.347 e. The standard InChI is InChI=1S/C11H7ClO4S/c12-9-3-1-7(2-4-9)8-5-10(11(13)14)17(15,16)6-8/h1-6H,(H,13,14). The molecule has 4 nitrogen and oxygen atoms in total. The summed E-state index contributed by atoms with van der Waals surface area (Å²) in [6, 6.07) is 6.48. The van der Waals surface area contributed by atoms with Crippen LogP contribution in [0.25, 0.3) is 5.57 Å². The maximum absolute atomic E-state index is 11.5. The van der Waals surface area contributed by atoms with E-state index in [0.29, 0.717) is 16.2 Å². The third kappa shape index (κ3) is 2.25. The molecule has 0 amide bonds. The molecule has 0 spiro atoms. The molecule has 0 saturated heterocycles. The predicted octanol–water partition coefficient (Wildman–Crippen LogP) is 2.08. The van der Waals surface area contributed by atoms with E-state index in [9.17, 15) is 13.2 Å². The second kappa shape index (κ2) is 4.01. The topological polar surface area (TPSA) is 71.4 Å². The Balaban J connectivity index is 2.50. The molecule has 6 heteroatoms. The number of benzene rings is 1. The van der Waals surface area contributed by atoms with Crippen LogP contribution < -0.4 is 0 Å². The zero-order valence-electron chi connectivity index (χ0n) is 8.42. The van der Waals surface area contributed by atoms with Crippen molar-refractivity contribution < 1.29 is 18.3 Å². The van der Waals surface area contributed by atoms with Crippen molar-refractivity contribution in [3.8, 4) is 0 Å². The fourth-order valence-corrected chi connectivity index (χ4v) is 2.79. The van der Waals surface area contributed by atoms with E-state index in [0.717, 1.165) is 11.5 Å². The molecule has 0 radical (unpaired) electrons. The first kappa shape index (κ1) is 11.9. The number of carboxylic acid groups (broad SMARTS) is 1. The Bertz CT molecular complexity index is 639. The zero-order valence-corrected chi connectivity index (χ0v) is 9.99. The highest BCUT2D eigenvalue weighted by atomic mass is 35.5. The summed E-state index contributed by atoms with van der Waals surface area (Å²) in [5.41, 5.74) is 0.952. The Hall–Kier alpha value is -1.59. The Morgan fingerprint density at radius 2 is 1.76 bits per heavy atom. The molecule has 0 unspecified atom stereocenters. The zero-order chi connectivity index (χ0) is 12.6. The number of hydrogen-bond donors (Lipinski definition) is 1. The van der Waals surface area contributed by atoms with Gasteiger partial charge in [-0.3, -0.25) is 0 Å². The normalized spacial score (nSPS) is 17.5. The highest BCUT2D eigenvalue weighted by molar-refractivity contribution is 7.99. The van der Waals surface area contributed by atoms with Gasteiger partial charge in [0.15, 0.2) is 4.91 Å². The van der Waals surface area contributed by atoms with Crippen molar-refractivity contribution in [3.63, 3.8) is 0 Å². The molecule has 1 N–H and O–H groups in total. The lowest BCUT2D eigenvalue weighted by molar-refractivity contribution is -0.131. The Morgan fingerprint density at radius 3 is 2.24 bits per heavy atom. The minimum atomic E-state index is -3.83. The highest BCUT2D eigenvalue weighted by Crippen LogP contribution is 2.29. The van der Waals surface area contributed by atoms with Crippen molar-refractivity contribution in [2.45, 2.75) is 0 Å². The quantitative estimate of drug-likeness (QED) is 0.893. The largest absolute Gasteiger partial charge is 0.477 e. The van der Waals surface area contributed by atoms with Gasteiger partial charge in [0.2, 0.25) is 9.84 Å². The first-order chi connectivity index (χ1) is 7.90. The second-order valence-electron chi connectivity index (χ2n) is 3.44. The molecule has 0 bridgehead atoms. The number of carboxylic acids is 1. The van der Waals surface area contributed by atoms with Crippen molar-refractivity contribution in [2.24, 2.45) is 0 Å². The van der Waals surface area contributed by atoms with Crippen LogP contribution in [0.4, 0.5) is 0 Å². The van der Waals surface area contributed by atoms with Crippen LogP contribution in [0.2, 0.25) is 5.02 Å². The number of hydrogen-bond acceptors (Lipinski definition) is 3. The van der Waals surface area contributed by atoms with Gasteiger partial charge in [0.1, 0.15) is 0 Å². The summed E-state index contributed by atoms with van der Waals surface area (Å²) in [6.07, 6.45) is 1.14. The molecule has 0 saturated carbocycles. The van der Waals surface area contributed by atoms with E-state index in [1.807, 2.05) is 0 Å². The Kier molecular flexibility index (Phi) is 2.81. The van der Waals surface area contributed by atoms with Crippen molar-refractivity contribution in [1.29, 1.82) is 0 Å². The molecule has 1 aliphatic heterocycles. The van der Waals surface area contributed by atoms with Crippen molar-refractivity contribution in [3.05, 3.63) is 51.2 Å². The van der Waals surface area contributed by atoms with Gasteiger partial charge in [-0.25, -0.2) is 13.2 Å². The van der Waals surface area contributed by atoms with Crippen LogP contribution in [0, 0.1) is 0 Å². The van der Waals surface area contributed by atoms with Gasteiger partial charge in [-0.2, -0.15) is 0 Å². The summed E-state index contributed by atoms with van der Waals surface area (Å²) >= 11 is 5.71. The van der Waals surface area contributed by atoms with Gasteiger partial charge in [0.25, 0.3) is 0 Å². The average molecular weight is 271 g/mol. The van der Waals surface area contributed by atoms with E-state index >= 15 is 0 Å². The number of sulfone groups is 1. The lowest BCUT2D eigenvalue weighted by Crippen LogP contribution is -2.07. The molecular formula is C11H7ClO4S. The molecule has 0 aliphatic carbocycles. The van der Waals surface area contributed by atoms with E-state index in [2.05, 4.69) is 0 Å². The molecule has 0 aromatic heterocycles. The van der Waals surface area contributed by atoms with Gasteiger partial charge < -0.3 is 5.11 Å². The van der Waals surface area contributed by atoms with Gasteiger partial charge in [0.05, 0.1) is 0 Å². The predicted molar refractivity (Wildman–Crippen MR) is 64.1 cm³/mol. The number of carbonyl (C=O) groups is 1. The summed E-state index contributed by atoms with van der Waals surface area (Å²) in [5.74, 6) is -1.45. The molecule has 0 atom stereocenters. The third-order valence-electron chi connectivity index (χ3n) is 2.26. The number of aliphatic carboxylic acids is 1. The number of halogens is 1. The summed E-state index contributed by atoms with van der Waals surface area (Å²) in [4.78, 5) is 10.1. The molecule has 0 fully saturated rings.